The molecule has 2 heterocycles. The first-order valence-corrected chi connectivity index (χ1v) is 11.4. The van der Waals surface area contributed by atoms with Gasteiger partial charge < -0.3 is 20.3 Å². The van der Waals surface area contributed by atoms with E-state index in [0.29, 0.717) is 38.7 Å². The fourth-order valence-electron chi connectivity index (χ4n) is 3.72. The van der Waals surface area contributed by atoms with Crippen LogP contribution < -0.4 is 15.5 Å². The van der Waals surface area contributed by atoms with Crippen molar-refractivity contribution in [3.63, 3.8) is 0 Å². The Hall–Kier alpha value is -3.56. The normalized spacial score (nSPS) is 13.4. The number of nitrogens with one attached hydrogen (secondary N) is 2. The molecular formula is C25H24ClF2N5O2. The van der Waals surface area contributed by atoms with Gasteiger partial charge in [-0.3, -0.25) is 4.79 Å². The Morgan fingerprint density at radius 3 is 2.60 bits per heavy atom. The molecule has 0 aliphatic carbocycles. The van der Waals surface area contributed by atoms with Crippen molar-refractivity contribution in [3.8, 4) is 0 Å². The molecular weight excluding hydrogens is 476 g/mol. The van der Waals surface area contributed by atoms with Crippen molar-refractivity contribution in [1.82, 2.24) is 9.97 Å². The molecule has 1 saturated heterocycles. The van der Waals surface area contributed by atoms with Crippen LogP contribution in [0.4, 0.5) is 31.9 Å². The molecule has 2 aromatic carbocycles. The number of halogens is 3. The van der Waals surface area contributed by atoms with E-state index >= 15 is 0 Å². The number of nitrogens with zero attached hydrogens (tertiary/aromatic N) is 3. The van der Waals surface area contributed by atoms with Gasteiger partial charge in [-0.15, -0.1) is 0 Å². The van der Waals surface area contributed by atoms with E-state index in [1.807, 2.05) is 24.3 Å². The van der Waals surface area contributed by atoms with E-state index in [1.54, 1.807) is 4.90 Å². The first-order chi connectivity index (χ1) is 16.9. The first kappa shape index (κ1) is 24.6. The number of hydrogen-bond acceptors (Lipinski definition) is 7. The lowest BCUT2D eigenvalue weighted by Crippen LogP contribution is -2.37. The Labute approximate surface area is 206 Å². The molecule has 0 amide bonds. The number of ketones is 1. The van der Waals surface area contributed by atoms with Gasteiger partial charge in [0.15, 0.2) is 23.2 Å². The summed E-state index contributed by atoms with van der Waals surface area (Å²) in [7, 11) is 0. The van der Waals surface area contributed by atoms with Crippen LogP contribution in [0.3, 0.4) is 0 Å². The monoisotopic (exact) mass is 499 g/mol. The maximum Gasteiger partial charge on any atom is 0.229 e. The number of aromatic nitrogens is 2. The zero-order valence-corrected chi connectivity index (χ0v) is 19.6. The maximum absolute atomic E-state index is 14.7. The minimum Gasteiger partial charge on any atom is -0.378 e. The number of benzene rings is 2. The van der Waals surface area contributed by atoms with E-state index in [0.717, 1.165) is 11.1 Å². The predicted molar refractivity (Wildman–Crippen MR) is 132 cm³/mol. The van der Waals surface area contributed by atoms with E-state index in [1.165, 1.54) is 24.4 Å². The van der Waals surface area contributed by atoms with Gasteiger partial charge in [0, 0.05) is 31.7 Å². The summed E-state index contributed by atoms with van der Waals surface area (Å²) in [6, 6.07) is 9.95. The van der Waals surface area contributed by atoms with Crippen LogP contribution in [0.5, 0.6) is 0 Å². The predicted octanol–water partition coefficient (Wildman–Crippen LogP) is 4.90. The highest BCUT2D eigenvalue weighted by Crippen LogP contribution is 2.29. The van der Waals surface area contributed by atoms with Crippen molar-refractivity contribution in [2.75, 3.05) is 41.8 Å². The topological polar surface area (TPSA) is 79.4 Å². The lowest BCUT2D eigenvalue weighted by atomic mass is 10.1. The van der Waals surface area contributed by atoms with Crippen LogP contribution in [0.25, 0.3) is 0 Å². The van der Waals surface area contributed by atoms with Gasteiger partial charge in [-0.05, 0) is 29.3 Å². The van der Waals surface area contributed by atoms with Gasteiger partial charge >= 0.3 is 0 Å². The van der Waals surface area contributed by atoms with Crippen molar-refractivity contribution in [3.05, 3.63) is 83.0 Å². The molecule has 0 radical (unpaired) electrons. The first-order valence-electron chi connectivity index (χ1n) is 11.0. The van der Waals surface area contributed by atoms with Gasteiger partial charge in [-0.1, -0.05) is 42.4 Å². The third-order valence-electron chi connectivity index (χ3n) is 5.40. The molecule has 35 heavy (non-hydrogen) atoms. The van der Waals surface area contributed by atoms with Gasteiger partial charge in [0.2, 0.25) is 5.95 Å². The average Bonchev–Trinajstić information content (AvgIpc) is 2.85. The molecule has 1 fully saturated rings. The summed E-state index contributed by atoms with van der Waals surface area (Å²) < 4.78 is 34.7. The second kappa shape index (κ2) is 11.2. The van der Waals surface area contributed by atoms with E-state index in [4.69, 9.17) is 16.3 Å². The van der Waals surface area contributed by atoms with Crippen LogP contribution >= 0.6 is 11.6 Å². The molecule has 10 heteroatoms. The van der Waals surface area contributed by atoms with Crippen molar-refractivity contribution in [2.45, 2.75) is 13.0 Å². The summed E-state index contributed by atoms with van der Waals surface area (Å²) in [5.74, 6) is -0.952. The molecule has 0 bridgehead atoms. The minimum atomic E-state index is -0.684. The highest BCUT2D eigenvalue weighted by atomic mass is 35.5. The van der Waals surface area contributed by atoms with Crippen LogP contribution in [-0.2, 0) is 22.5 Å². The van der Waals surface area contributed by atoms with Crippen molar-refractivity contribution in [2.24, 2.45) is 0 Å². The van der Waals surface area contributed by atoms with Gasteiger partial charge in [0.25, 0.3) is 0 Å². The molecule has 3 aromatic rings. The lowest BCUT2D eigenvalue weighted by Gasteiger charge is -2.29. The zero-order chi connectivity index (χ0) is 24.8. The number of carbonyl (C=O) groups excluding carboxylic acids is 1. The zero-order valence-electron chi connectivity index (χ0n) is 18.9. The average molecular weight is 500 g/mol. The van der Waals surface area contributed by atoms with Gasteiger partial charge in [-0.25, -0.2) is 13.8 Å². The number of anilines is 4. The minimum absolute atomic E-state index is 0.0597. The van der Waals surface area contributed by atoms with Crippen LogP contribution in [0.2, 0.25) is 5.02 Å². The smallest absolute Gasteiger partial charge is 0.229 e. The molecule has 0 spiro atoms. The fraction of sp³-hybridized carbons (Fsp3) is 0.240. The molecule has 0 atom stereocenters. The number of allylic oxidation sites excluding steroid dienone is 1. The molecule has 2 N–H and O–H groups in total. The van der Waals surface area contributed by atoms with Gasteiger partial charge in [0.05, 0.1) is 19.4 Å². The second-order valence-corrected chi connectivity index (χ2v) is 8.33. The number of morpholine rings is 1. The number of carbonyl (C=O) groups is 1. The Morgan fingerprint density at radius 1 is 1.17 bits per heavy atom. The van der Waals surface area contributed by atoms with Crippen LogP contribution in [0, 0.1) is 11.6 Å². The third kappa shape index (κ3) is 6.32. The highest BCUT2D eigenvalue weighted by molar-refractivity contribution is 6.32. The van der Waals surface area contributed by atoms with E-state index in [-0.39, 0.29) is 34.5 Å². The largest absolute Gasteiger partial charge is 0.378 e. The van der Waals surface area contributed by atoms with Crippen LogP contribution in [0.1, 0.15) is 11.1 Å². The lowest BCUT2D eigenvalue weighted by molar-refractivity contribution is -0.114. The molecule has 1 aromatic heterocycles. The Kier molecular flexibility index (Phi) is 7.89. The van der Waals surface area contributed by atoms with E-state index in [9.17, 15) is 13.6 Å². The highest BCUT2D eigenvalue weighted by Gasteiger charge is 2.20. The molecule has 182 valence electrons. The van der Waals surface area contributed by atoms with Crippen molar-refractivity contribution < 1.29 is 18.3 Å². The number of ether oxygens (including phenoxy) is 1. The summed E-state index contributed by atoms with van der Waals surface area (Å²) in [6.45, 7) is 5.57. The van der Waals surface area contributed by atoms with Crippen molar-refractivity contribution in [1.29, 1.82) is 0 Å². The summed E-state index contributed by atoms with van der Waals surface area (Å²) in [5, 5.41) is 6.24. The second-order valence-electron chi connectivity index (χ2n) is 7.92. The van der Waals surface area contributed by atoms with E-state index < -0.39 is 11.6 Å². The number of rotatable bonds is 9. The van der Waals surface area contributed by atoms with Crippen LogP contribution in [-0.4, -0.2) is 42.1 Å². The quantitative estimate of drug-likeness (QED) is 0.405. The maximum atomic E-state index is 14.7. The molecule has 0 saturated carbocycles. The summed E-state index contributed by atoms with van der Waals surface area (Å²) >= 11 is 6.23. The Morgan fingerprint density at radius 2 is 1.89 bits per heavy atom. The molecule has 4 rings (SSSR count). The Bertz CT molecular complexity index is 1210. The summed E-state index contributed by atoms with van der Waals surface area (Å²) in [5.41, 5.74) is 1.89. The van der Waals surface area contributed by atoms with E-state index in [2.05, 4.69) is 27.2 Å². The summed E-state index contributed by atoms with van der Waals surface area (Å²) in [6.07, 6.45) is 2.97. The summed E-state index contributed by atoms with van der Waals surface area (Å²) in [4.78, 5) is 21.7. The number of hydrogen-bond donors (Lipinski definition) is 2. The Balaban J connectivity index is 1.45. The van der Waals surface area contributed by atoms with Crippen LogP contribution in [0.15, 0.2) is 55.3 Å². The molecule has 1 aliphatic rings. The molecule has 0 unspecified atom stereocenters. The van der Waals surface area contributed by atoms with Gasteiger partial charge in [0.1, 0.15) is 10.7 Å². The fourth-order valence-corrected chi connectivity index (χ4v) is 3.87. The van der Waals surface area contributed by atoms with Crippen molar-refractivity contribution >= 4 is 40.5 Å². The van der Waals surface area contributed by atoms with Gasteiger partial charge in [-0.2, -0.15) is 4.98 Å². The standard InChI is InChI=1S/C25H24ClF2N5O2/c1-2-19(34)11-16-4-3-5-17(10-16)14-29-24-20(26)15-30-25(32-24)31-18-12-21(27)23(22(28)13-18)33-6-8-35-9-7-33/h2-5,10,12-13,15H,1,6-9,11,14H2,(H2,29,30,31,32). The SMILES string of the molecule is C=CC(=O)Cc1cccc(CNc2nc(Nc3cc(F)c(N4CCOCC4)c(F)c3)ncc2Cl)c1. The third-order valence-corrected chi connectivity index (χ3v) is 5.68. The molecule has 7 nitrogen and oxygen atoms in total. The molecule has 1 aliphatic heterocycles.